The van der Waals surface area contributed by atoms with Crippen molar-refractivity contribution in [3.05, 3.63) is 121 Å². The molecule has 2 aliphatic rings. The summed E-state index contributed by atoms with van der Waals surface area (Å²) in [6.07, 6.45) is 36.1. The predicted octanol–water partition coefficient (Wildman–Crippen LogP) is 9.37. The molecule has 5 rings (SSSR count). The minimum absolute atomic E-state index is 0.0186. The Morgan fingerprint density at radius 2 is 1.45 bits per heavy atom. The zero-order valence-corrected chi connectivity index (χ0v) is 35.1. The van der Waals surface area contributed by atoms with E-state index < -0.39 is 0 Å². The number of nitrogens with one attached hydrogen (secondary N) is 2. The Hall–Kier alpha value is -4.79. The molecule has 1 aromatic heterocycles. The first-order valence-corrected chi connectivity index (χ1v) is 22.1. The quantitative estimate of drug-likeness (QED) is 0.0662. The molecule has 1 saturated heterocycles. The number of piperazine rings is 1. The summed E-state index contributed by atoms with van der Waals surface area (Å²) in [4.78, 5) is 36.1. The van der Waals surface area contributed by atoms with Crippen molar-refractivity contribution in [1.82, 2.24) is 15.2 Å². The summed E-state index contributed by atoms with van der Waals surface area (Å²) in [7, 11) is 0. The molecular weight excluding hydrogens is 719 g/mol. The number of quaternary nitrogens is 1. The third-order valence-corrected chi connectivity index (χ3v) is 11.0. The number of pyridine rings is 1. The number of benzene rings is 2. The number of ether oxygens (including phenoxy) is 1. The number of carbonyl (C=O) groups excluding carboxylic acids is 2. The van der Waals surface area contributed by atoms with Gasteiger partial charge in [-0.05, 0) is 106 Å². The molecule has 0 radical (unpaired) electrons. The standard InChI is InChI=1S/C50H67N5O3/c1-2-3-4-5-6-7-8-9-10-11-12-13-14-15-16-17-18-19-20-21-31-47(56)51-42-55-49(57)35-33-44-32-34-48(52-50(44)55)58-41-25-24-36-53-37-39-54(40-38-53)46-30-26-28-43-27-22-23-29-45(43)46/h3-4,6-7,9-10,12-13,15-16,22-23,26-30,32,34H,2,5,8,11,14,17-21,24-25,31,33,35-42H2,1H3,(H,51,56)/p+1. The molecule has 3 aromatic rings. The van der Waals surface area contributed by atoms with E-state index in [4.69, 9.17) is 9.72 Å². The third kappa shape index (κ3) is 15.5. The molecule has 0 aliphatic carbocycles. The van der Waals surface area contributed by atoms with Gasteiger partial charge in [-0.3, -0.25) is 24.3 Å². The highest BCUT2D eigenvalue weighted by Crippen LogP contribution is 2.28. The first-order valence-electron chi connectivity index (χ1n) is 22.1. The van der Waals surface area contributed by atoms with E-state index in [1.54, 1.807) is 9.80 Å². The summed E-state index contributed by atoms with van der Waals surface area (Å²) >= 11 is 0. The average Bonchev–Trinajstić information content (AvgIpc) is 3.25. The molecule has 58 heavy (non-hydrogen) atoms. The second kappa shape index (κ2) is 26.3. The first kappa shape index (κ1) is 44.3. The van der Waals surface area contributed by atoms with Gasteiger partial charge < -0.3 is 10.1 Å². The molecule has 0 atom stereocenters. The van der Waals surface area contributed by atoms with Crippen LogP contribution in [0.25, 0.3) is 10.8 Å². The van der Waals surface area contributed by atoms with Crippen molar-refractivity contribution in [3.63, 3.8) is 0 Å². The number of rotatable bonds is 25. The summed E-state index contributed by atoms with van der Waals surface area (Å²) in [5.74, 6) is 1.09. The van der Waals surface area contributed by atoms with Crippen LogP contribution in [0.3, 0.4) is 0 Å². The van der Waals surface area contributed by atoms with Crippen LogP contribution in [0.4, 0.5) is 11.5 Å². The van der Waals surface area contributed by atoms with Crippen LogP contribution < -0.4 is 19.9 Å². The van der Waals surface area contributed by atoms with Crippen LogP contribution in [0.2, 0.25) is 0 Å². The molecular formula is C50H68N5O3+. The number of nitrogens with zero attached hydrogens (tertiary/aromatic N) is 3. The molecule has 0 unspecified atom stereocenters. The zero-order chi connectivity index (χ0) is 40.5. The van der Waals surface area contributed by atoms with E-state index in [0.29, 0.717) is 37.6 Å². The highest BCUT2D eigenvalue weighted by molar-refractivity contribution is 5.96. The lowest BCUT2D eigenvalue weighted by Gasteiger charge is -2.32. The minimum atomic E-state index is -0.0264. The number of allylic oxidation sites excluding steroid dienone is 10. The van der Waals surface area contributed by atoms with E-state index in [1.807, 2.05) is 12.1 Å². The van der Waals surface area contributed by atoms with Crippen molar-refractivity contribution in [2.45, 2.75) is 103 Å². The lowest BCUT2D eigenvalue weighted by Crippen LogP contribution is -3.10. The summed E-state index contributed by atoms with van der Waals surface area (Å²) in [5, 5.41) is 5.65. The third-order valence-electron chi connectivity index (χ3n) is 11.0. The predicted molar refractivity (Wildman–Crippen MR) is 241 cm³/mol. The Labute approximate surface area is 348 Å². The van der Waals surface area contributed by atoms with E-state index in [0.717, 1.165) is 115 Å². The molecule has 0 spiro atoms. The monoisotopic (exact) mass is 787 g/mol. The summed E-state index contributed by atoms with van der Waals surface area (Å²) in [5.41, 5.74) is 2.43. The highest BCUT2D eigenvalue weighted by atomic mass is 16.5. The van der Waals surface area contributed by atoms with E-state index in [9.17, 15) is 9.59 Å². The second-order valence-corrected chi connectivity index (χ2v) is 15.4. The molecule has 310 valence electrons. The topological polar surface area (TPSA) is 79.2 Å². The van der Waals surface area contributed by atoms with Gasteiger partial charge in [-0.2, -0.15) is 4.98 Å². The number of anilines is 1. The second-order valence-electron chi connectivity index (χ2n) is 15.4. The summed E-state index contributed by atoms with van der Waals surface area (Å²) in [6, 6.07) is 19.3. The maximum absolute atomic E-state index is 12.9. The first-order chi connectivity index (χ1) is 28.6. The van der Waals surface area contributed by atoms with E-state index in [-0.39, 0.29) is 18.5 Å². The number of hydrogen-bond donors (Lipinski definition) is 2. The van der Waals surface area contributed by atoms with Crippen LogP contribution in [-0.2, 0) is 16.0 Å². The van der Waals surface area contributed by atoms with E-state index in [1.165, 1.54) is 16.5 Å². The molecule has 0 saturated carbocycles. The number of fused-ring (bicyclic) bond motifs is 2. The van der Waals surface area contributed by atoms with Crippen molar-refractivity contribution in [3.8, 4) is 5.88 Å². The van der Waals surface area contributed by atoms with E-state index in [2.05, 4.69) is 120 Å². The number of hydrogen-bond acceptors (Lipinski definition) is 5. The zero-order valence-electron chi connectivity index (χ0n) is 35.1. The van der Waals surface area contributed by atoms with Crippen molar-refractivity contribution in [2.24, 2.45) is 0 Å². The maximum Gasteiger partial charge on any atom is 0.229 e. The maximum atomic E-state index is 12.9. The van der Waals surface area contributed by atoms with Gasteiger partial charge >= 0.3 is 0 Å². The van der Waals surface area contributed by atoms with Gasteiger partial charge in [0.15, 0.2) is 0 Å². The Kier molecular flexibility index (Phi) is 20.1. The van der Waals surface area contributed by atoms with Crippen LogP contribution in [0.15, 0.2) is 115 Å². The van der Waals surface area contributed by atoms with Crippen molar-refractivity contribution in [2.75, 3.05) is 50.9 Å². The largest absolute Gasteiger partial charge is 0.478 e. The van der Waals surface area contributed by atoms with Crippen molar-refractivity contribution >= 4 is 34.1 Å². The van der Waals surface area contributed by atoms with Crippen LogP contribution in [0.1, 0.15) is 102 Å². The van der Waals surface area contributed by atoms with Gasteiger partial charge in [-0.25, -0.2) is 0 Å². The normalized spacial score (nSPS) is 15.6. The Bertz CT molecular complexity index is 1830. The molecule has 8 heteroatoms. The average molecular weight is 787 g/mol. The minimum Gasteiger partial charge on any atom is -0.478 e. The summed E-state index contributed by atoms with van der Waals surface area (Å²) in [6.45, 7) is 8.37. The molecule has 1 fully saturated rings. The fourth-order valence-electron chi connectivity index (χ4n) is 7.62. The molecule has 2 N–H and O–H groups in total. The van der Waals surface area contributed by atoms with Crippen molar-refractivity contribution in [1.29, 1.82) is 0 Å². The molecule has 3 heterocycles. The highest BCUT2D eigenvalue weighted by Gasteiger charge is 2.27. The van der Waals surface area contributed by atoms with Crippen LogP contribution in [-0.4, -0.2) is 67.7 Å². The lowest BCUT2D eigenvalue weighted by atomic mass is 10.1. The Morgan fingerprint density at radius 1 is 0.759 bits per heavy atom. The van der Waals surface area contributed by atoms with Crippen LogP contribution in [0.5, 0.6) is 5.88 Å². The molecule has 2 aliphatic heterocycles. The van der Waals surface area contributed by atoms with Gasteiger partial charge in [-0.1, -0.05) is 111 Å². The smallest absolute Gasteiger partial charge is 0.229 e. The molecule has 0 bridgehead atoms. The Morgan fingerprint density at radius 3 is 2.21 bits per heavy atom. The van der Waals surface area contributed by atoms with Gasteiger partial charge in [0.2, 0.25) is 17.7 Å². The van der Waals surface area contributed by atoms with Crippen molar-refractivity contribution < 1.29 is 19.2 Å². The van der Waals surface area contributed by atoms with Gasteiger partial charge in [0.1, 0.15) is 11.5 Å². The summed E-state index contributed by atoms with van der Waals surface area (Å²) < 4.78 is 6.07. The number of aryl methyl sites for hydroxylation is 1. The van der Waals surface area contributed by atoms with Crippen LogP contribution >= 0.6 is 0 Å². The number of unbranched alkanes of at least 4 members (excludes halogenated alkanes) is 5. The Balaban J connectivity index is 0.895. The number of carbonyl (C=O) groups is 2. The number of amides is 2. The van der Waals surface area contributed by atoms with E-state index >= 15 is 0 Å². The molecule has 8 nitrogen and oxygen atoms in total. The van der Waals surface area contributed by atoms with Gasteiger partial charge in [-0.15, -0.1) is 0 Å². The molecule has 2 amide bonds. The van der Waals surface area contributed by atoms with Crippen LogP contribution in [0, 0.1) is 0 Å². The molecule has 2 aromatic carbocycles. The fourth-order valence-corrected chi connectivity index (χ4v) is 7.62. The fraction of sp³-hybridized carbons (Fsp3) is 0.460. The lowest BCUT2D eigenvalue weighted by molar-refractivity contribution is -0.837. The SMILES string of the molecule is CCC=CCC=CCC=CCC=CCC=CCCCCCCC(=O)NCN1C(=O)CCc2ccc(OCCCCN3CC[NH+](c4cccc5ccccc45)CC3)nc21. The van der Waals surface area contributed by atoms with Gasteiger partial charge in [0.05, 0.1) is 26.4 Å². The van der Waals surface area contributed by atoms with Gasteiger partial charge in [0.25, 0.3) is 0 Å². The number of aromatic nitrogens is 1. The van der Waals surface area contributed by atoms with Gasteiger partial charge in [0, 0.05) is 37.4 Å².